The van der Waals surface area contributed by atoms with Crippen LogP contribution in [-0.2, 0) is 22.4 Å². The second-order valence-corrected chi connectivity index (χ2v) is 11.1. The molecule has 1 N–H and O–H groups in total. The first-order valence-corrected chi connectivity index (χ1v) is 14.2. The Bertz CT molecular complexity index is 984. The number of fused-ring (bicyclic) bond motifs is 1. The maximum atomic E-state index is 13.2. The van der Waals surface area contributed by atoms with Gasteiger partial charge in [-0.25, -0.2) is 4.79 Å². The first-order chi connectivity index (χ1) is 16.6. The number of rotatable bonds is 5. The molecule has 0 bridgehead atoms. The monoisotopic (exact) mass is 501 g/mol. The van der Waals surface area contributed by atoms with E-state index in [1.165, 1.54) is 49.8 Å². The van der Waals surface area contributed by atoms with E-state index in [4.69, 9.17) is 16.3 Å². The summed E-state index contributed by atoms with van der Waals surface area (Å²) in [4.78, 5) is 27.4. The maximum Gasteiger partial charge on any atom is 0.341 e. The van der Waals surface area contributed by atoms with E-state index in [9.17, 15) is 9.59 Å². The molecule has 0 unspecified atom stereocenters. The molecule has 2 aliphatic carbocycles. The fraction of sp³-hybridized carbons (Fsp3) is 0.571. The number of benzene rings is 1. The van der Waals surface area contributed by atoms with Crippen LogP contribution in [0.1, 0.15) is 103 Å². The lowest BCUT2D eigenvalue weighted by Gasteiger charge is -2.10. The number of carbonyl (C=O) groups is 2. The van der Waals surface area contributed by atoms with Gasteiger partial charge in [-0.2, -0.15) is 0 Å². The Balaban J connectivity index is 1.54. The van der Waals surface area contributed by atoms with Gasteiger partial charge in [0, 0.05) is 15.8 Å². The molecule has 1 saturated carbocycles. The number of hydrogen-bond acceptors (Lipinski definition) is 4. The predicted molar refractivity (Wildman–Crippen MR) is 140 cm³/mol. The summed E-state index contributed by atoms with van der Waals surface area (Å²) in [6, 6.07) is 7.75. The van der Waals surface area contributed by atoms with E-state index < -0.39 is 0 Å². The third-order valence-electron chi connectivity index (χ3n) is 7.06. The zero-order chi connectivity index (χ0) is 23.9. The molecule has 2 atom stereocenters. The molecule has 1 aromatic carbocycles. The van der Waals surface area contributed by atoms with Crippen LogP contribution in [0.3, 0.4) is 0 Å². The zero-order valence-electron chi connectivity index (χ0n) is 20.2. The smallest absolute Gasteiger partial charge is 0.341 e. The summed E-state index contributed by atoms with van der Waals surface area (Å²) in [6.07, 6.45) is 13.8. The molecule has 1 aromatic heterocycles. The summed E-state index contributed by atoms with van der Waals surface area (Å²) in [5.41, 5.74) is 2.86. The largest absolute Gasteiger partial charge is 0.462 e. The van der Waals surface area contributed by atoms with Gasteiger partial charge in [-0.1, -0.05) is 68.7 Å². The number of thiophene rings is 1. The number of nitrogens with one attached hydrogen (secondary N) is 1. The van der Waals surface area contributed by atoms with Crippen LogP contribution in [0.4, 0.5) is 5.00 Å². The van der Waals surface area contributed by atoms with Crippen molar-refractivity contribution in [3.8, 4) is 0 Å². The topological polar surface area (TPSA) is 55.4 Å². The number of aryl methyl sites for hydroxylation is 1. The molecule has 34 heavy (non-hydrogen) atoms. The Morgan fingerprint density at radius 3 is 2.24 bits per heavy atom. The van der Waals surface area contributed by atoms with E-state index in [0.717, 1.165) is 43.2 Å². The lowest BCUT2D eigenvalue weighted by atomic mass is 10.00. The standard InChI is InChI=1S/C28H36ClNO3S/c1-2-33-28(32)25-21-12-10-8-6-4-3-5-7-9-11-13-24(21)34-27(25)30-26(31)23-18-22(23)19-14-16-20(29)17-15-19/h14-17,22-23H,2-13,18H2,1H3,(H,30,31)/t22-,23-/m1/s1. The number of anilines is 1. The predicted octanol–water partition coefficient (Wildman–Crippen LogP) is 7.93. The Morgan fingerprint density at radius 1 is 0.971 bits per heavy atom. The minimum atomic E-state index is -0.301. The van der Waals surface area contributed by atoms with Crippen molar-refractivity contribution < 1.29 is 14.3 Å². The van der Waals surface area contributed by atoms with Crippen molar-refractivity contribution in [2.24, 2.45) is 5.92 Å². The van der Waals surface area contributed by atoms with Gasteiger partial charge in [0.2, 0.25) is 5.91 Å². The van der Waals surface area contributed by atoms with Gasteiger partial charge in [0.15, 0.2) is 0 Å². The molecule has 184 valence electrons. The number of hydrogen-bond donors (Lipinski definition) is 1. The van der Waals surface area contributed by atoms with Crippen LogP contribution < -0.4 is 5.32 Å². The lowest BCUT2D eigenvalue weighted by Crippen LogP contribution is -2.17. The Morgan fingerprint density at radius 2 is 1.59 bits per heavy atom. The van der Waals surface area contributed by atoms with Gasteiger partial charge in [-0.15, -0.1) is 11.3 Å². The van der Waals surface area contributed by atoms with Crippen LogP contribution in [-0.4, -0.2) is 18.5 Å². The second kappa shape index (κ2) is 12.2. The summed E-state index contributed by atoms with van der Waals surface area (Å²) in [7, 11) is 0. The van der Waals surface area contributed by atoms with E-state index in [0.29, 0.717) is 22.2 Å². The molecule has 2 aromatic rings. The molecule has 4 rings (SSSR count). The molecule has 6 heteroatoms. The number of ether oxygens (including phenoxy) is 1. The van der Waals surface area contributed by atoms with Gasteiger partial charge < -0.3 is 10.1 Å². The van der Waals surface area contributed by atoms with Crippen molar-refractivity contribution in [1.29, 1.82) is 0 Å². The third-order valence-corrected chi connectivity index (χ3v) is 8.52. The number of amides is 1. The van der Waals surface area contributed by atoms with Crippen LogP contribution in [0.15, 0.2) is 24.3 Å². The van der Waals surface area contributed by atoms with Crippen molar-refractivity contribution in [2.45, 2.75) is 89.9 Å². The van der Waals surface area contributed by atoms with Crippen LogP contribution in [0.2, 0.25) is 5.02 Å². The summed E-state index contributed by atoms with van der Waals surface area (Å²) in [5, 5.41) is 4.53. The summed E-state index contributed by atoms with van der Waals surface area (Å²) < 4.78 is 5.45. The molecule has 1 heterocycles. The third kappa shape index (κ3) is 6.42. The van der Waals surface area contributed by atoms with Crippen LogP contribution in [0.25, 0.3) is 0 Å². The highest BCUT2D eigenvalue weighted by Gasteiger charge is 2.44. The first kappa shape index (κ1) is 25.2. The first-order valence-electron chi connectivity index (χ1n) is 13.0. The van der Waals surface area contributed by atoms with Gasteiger partial charge in [0.05, 0.1) is 12.2 Å². The highest BCUT2D eigenvalue weighted by molar-refractivity contribution is 7.17. The van der Waals surface area contributed by atoms with Crippen LogP contribution in [0, 0.1) is 5.92 Å². The van der Waals surface area contributed by atoms with E-state index >= 15 is 0 Å². The fourth-order valence-corrected chi connectivity index (χ4v) is 6.48. The molecule has 1 amide bonds. The summed E-state index contributed by atoms with van der Waals surface area (Å²) in [6.45, 7) is 2.16. The van der Waals surface area contributed by atoms with Crippen molar-refractivity contribution in [2.75, 3.05) is 11.9 Å². The number of halogens is 1. The van der Waals surface area contributed by atoms with Gasteiger partial charge in [-0.3, -0.25) is 4.79 Å². The molecule has 1 fully saturated rings. The molecule has 0 spiro atoms. The highest BCUT2D eigenvalue weighted by atomic mass is 35.5. The number of carbonyl (C=O) groups excluding carboxylic acids is 2. The Kier molecular flexibility index (Phi) is 9.07. The van der Waals surface area contributed by atoms with Gasteiger partial charge in [0.1, 0.15) is 5.00 Å². The summed E-state index contributed by atoms with van der Waals surface area (Å²) >= 11 is 7.61. The molecule has 2 aliphatic rings. The Hall–Kier alpha value is -1.85. The van der Waals surface area contributed by atoms with Crippen molar-refractivity contribution in [3.63, 3.8) is 0 Å². The fourth-order valence-electron chi connectivity index (χ4n) is 5.08. The zero-order valence-corrected chi connectivity index (χ0v) is 21.7. The molecular weight excluding hydrogens is 466 g/mol. The van der Waals surface area contributed by atoms with Crippen molar-refractivity contribution in [3.05, 3.63) is 50.9 Å². The van der Waals surface area contributed by atoms with Crippen molar-refractivity contribution >= 4 is 39.8 Å². The molecule has 0 saturated heterocycles. The maximum absolute atomic E-state index is 13.2. The van der Waals surface area contributed by atoms with Gasteiger partial charge in [0.25, 0.3) is 0 Å². The van der Waals surface area contributed by atoms with E-state index in [-0.39, 0.29) is 23.7 Å². The number of esters is 1. The summed E-state index contributed by atoms with van der Waals surface area (Å²) in [5.74, 6) is -0.153. The molecule has 0 aliphatic heterocycles. The van der Waals surface area contributed by atoms with Gasteiger partial charge >= 0.3 is 5.97 Å². The quantitative estimate of drug-likeness (QED) is 0.423. The molecule has 0 radical (unpaired) electrons. The van der Waals surface area contributed by atoms with Crippen LogP contribution >= 0.6 is 22.9 Å². The average Bonchev–Trinajstić information content (AvgIpc) is 3.54. The van der Waals surface area contributed by atoms with Crippen molar-refractivity contribution in [1.82, 2.24) is 0 Å². The molecular formula is C28H36ClNO3S. The van der Waals surface area contributed by atoms with E-state index in [1.54, 1.807) is 11.3 Å². The van der Waals surface area contributed by atoms with Crippen LogP contribution in [0.5, 0.6) is 0 Å². The van der Waals surface area contributed by atoms with E-state index in [1.807, 2.05) is 31.2 Å². The SMILES string of the molecule is CCOC(=O)c1c(NC(=O)[C@@H]2C[C@@H]2c2ccc(Cl)cc2)sc2c1CCCCCCCCCCC2. The Labute approximate surface area is 212 Å². The van der Waals surface area contributed by atoms with E-state index in [2.05, 4.69) is 5.32 Å². The van der Waals surface area contributed by atoms with Gasteiger partial charge in [-0.05, 0) is 68.2 Å². The highest BCUT2D eigenvalue weighted by Crippen LogP contribution is 2.49. The average molecular weight is 502 g/mol. The second-order valence-electron chi connectivity index (χ2n) is 9.60. The minimum Gasteiger partial charge on any atom is -0.462 e. The minimum absolute atomic E-state index is 0.000692. The molecule has 4 nitrogen and oxygen atoms in total. The lowest BCUT2D eigenvalue weighted by molar-refractivity contribution is -0.117. The normalized spacial score (nSPS) is 21.4.